The van der Waals surface area contributed by atoms with Crippen LogP contribution >= 0.6 is 0 Å². The van der Waals surface area contributed by atoms with Crippen LogP contribution in [-0.2, 0) is 0 Å². The maximum Gasteiger partial charge on any atom is 0.258 e. The molecule has 4 aromatic rings. The summed E-state index contributed by atoms with van der Waals surface area (Å²) in [7, 11) is 6.26. The van der Waals surface area contributed by atoms with Crippen molar-refractivity contribution in [1.29, 1.82) is 0 Å². The van der Waals surface area contributed by atoms with Crippen LogP contribution in [0.25, 0.3) is 0 Å². The Labute approximate surface area is 246 Å². The van der Waals surface area contributed by atoms with Gasteiger partial charge in [-0.15, -0.1) is 0 Å². The first-order valence-electron chi connectivity index (χ1n) is 13.7. The summed E-state index contributed by atoms with van der Waals surface area (Å²) in [6.45, 7) is 1.99. The Balaban J connectivity index is 1.73. The number of carbonyl (C=O) groups excluding carboxylic acids is 2. The Morgan fingerprint density at radius 3 is 1.83 bits per heavy atom. The van der Waals surface area contributed by atoms with E-state index in [4.69, 9.17) is 18.9 Å². The van der Waals surface area contributed by atoms with Crippen LogP contribution in [0.2, 0.25) is 0 Å². The number of amides is 2. The van der Waals surface area contributed by atoms with Gasteiger partial charge in [0, 0.05) is 40.6 Å². The van der Waals surface area contributed by atoms with Gasteiger partial charge in [0.2, 0.25) is 0 Å². The molecule has 0 spiro atoms. The molecule has 2 atom stereocenters. The molecule has 0 unspecified atom stereocenters. The minimum Gasteiger partial charge on any atom is -0.493 e. The van der Waals surface area contributed by atoms with E-state index in [2.05, 4.69) is 0 Å². The second-order valence-corrected chi connectivity index (χ2v) is 9.99. The van der Waals surface area contributed by atoms with E-state index >= 15 is 0 Å². The lowest BCUT2D eigenvalue weighted by molar-refractivity contribution is 0.0965. The van der Waals surface area contributed by atoms with Crippen molar-refractivity contribution in [1.82, 2.24) is 0 Å². The molecule has 1 aliphatic rings. The first kappa shape index (κ1) is 28.5. The predicted octanol–water partition coefficient (Wildman–Crippen LogP) is 6.55. The molecule has 8 nitrogen and oxygen atoms in total. The van der Waals surface area contributed by atoms with Crippen LogP contribution < -0.4 is 28.7 Å². The summed E-state index contributed by atoms with van der Waals surface area (Å²) in [6, 6.07) is 26.7. The van der Waals surface area contributed by atoms with Gasteiger partial charge in [0.1, 0.15) is 0 Å². The van der Waals surface area contributed by atoms with Gasteiger partial charge < -0.3 is 28.7 Å². The van der Waals surface area contributed by atoms with Crippen molar-refractivity contribution in [2.24, 2.45) is 0 Å². The van der Waals surface area contributed by atoms with Crippen LogP contribution in [0.15, 0.2) is 91.0 Å². The van der Waals surface area contributed by atoms with Gasteiger partial charge >= 0.3 is 0 Å². The fraction of sp³-hybridized carbons (Fsp3) is 0.235. The first-order chi connectivity index (χ1) is 20.4. The highest BCUT2D eigenvalue weighted by Gasteiger charge is 2.40. The Bertz CT molecular complexity index is 1570. The second-order valence-electron chi connectivity index (χ2n) is 9.99. The molecular weight excluding hydrogens is 532 g/mol. The van der Waals surface area contributed by atoms with E-state index in [0.717, 1.165) is 5.56 Å². The highest BCUT2D eigenvalue weighted by Crippen LogP contribution is 2.48. The van der Waals surface area contributed by atoms with Crippen molar-refractivity contribution in [2.75, 3.05) is 38.2 Å². The van der Waals surface area contributed by atoms with Crippen molar-refractivity contribution in [3.63, 3.8) is 0 Å². The zero-order chi connectivity index (χ0) is 29.8. The maximum atomic E-state index is 14.3. The summed E-state index contributed by atoms with van der Waals surface area (Å²) >= 11 is 0. The van der Waals surface area contributed by atoms with Gasteiger partial charge in [0.15, 0.2) is 23.0 Å². The number of ether oxygens (including phenoxy) is 4. The molecule has 0 bridgehead atoms. The summed E-state index contributed by atoms with van der Waals surface area (Å²) in [6.07, 6.45) is 0.466. The minimum absolute atomic E-state index is 0.137. The molecule has 0 aromatic heterocycles. The van der Waals surface area contributed by atoms with Crippen LogP contribution in [0, 0.1) is 0 Å². The number of fused-ring (bicyclic) bond motifs is 1. The third kappa shape index (κ3) is 5.23. The lowest BCUT2D eigenvalue weighted by Gasteiger charge is -2.44. The summed E-state index contributed by atoms with van der Waals surface area (Å²) in [5.74, 6) is 1.71. The van der Waals surface area contributed by atoms with Gasteiger partial charge in [-0.3, -0.25) is 9.59 Å². The third-order valence-electron chi connectivity index (χ3n) is 7.59. The van der Waals surface area contributed by atoms with E-state index < -0.39 is 6.04 Å². The van der Waals surface area contributed by atoms with Crippen LogP contribution in [-0.4, -0.2) is 46.3 Å². The van der Waals surface area contributed by atoms with E-state index in [1.165, 1.54) is 0 Å². The van der Waals surface area contributed by atoms with Crippen molar-refractivity contribution >= 4 is 23.2 Å². The molecule has 2 amide bonds. The zero-order valence-electron chi connectivity index (χ0n) is 24.4. The van der Waals surface area contributed by atoms with Crippen molar-refractivity contribution in [3.8, 4) is 23.0 Å². The molecular formula is C34H34N2O6. The molecule has 8 heteroatoms. The predicted molar refractivity (Wildman–Crippen MR) is 162 cm³/mol. The quantitative estimate of drug-likeness (QED) is 0.241. The molecule has 0 aliphatic carbocycles. The van der Waals surface area contributed by atoms with Gasteiger partial charge in [-0.05, 0) is 55.8 Å². The molecule has 0 fully saturated rings. The van der Waals surface area contributed by atoms with Gasteiger partial charge in [0.05, 0.1) is 40.2 Å². The van der Waals surface area contributed by atoms with E-state index in [1.807, 2.05) is 61.5 Å². The molecule has 1 aliphatic heterocycles. The molecule has 0 N–H and O–H groups in total. The average Bonchev–Trinajstić information content (AvgIpc) is 3.04. The number of methoxy groups -OCH3 is 4. The maximum absolute atomic E-state index is 14.3. The van der Waals surface area contributed by atoms with Gasteiger partial charge in [0.25, 0.3) is 11.8 Å². The standard InChI is InChI=1S/C34H34N2O6/c1-22-18-27(36(34(38)24-14-10-7-11-15-24)25-16-17-29(39-2)30(19-25)40-3)26-20-31(41-4)32(42-5)21-28(26)35(22)33(37)23-12-8-6-9-13-23/h6-17,19-22,27H,18H2,1-5H3/t22-,27-/m1/s1. The number of rotatable bonds is 8. The highest BCUT2D eigenvalue weighted by atomic mass is 16.5. The Morgan fingerprint density at radius 2 is 1.24 bits per heavy atom. The van der Waals surface area contributed by atoms with E-state index in [9.17, 15) is 9.59 Å². The highest BCUT2D eigenvalue weighted by molar-refractivity contribution is 6.09. The monoisotopic (exact) mass is 566 g/mol. The Hall–Kier alpha value is -4.98. The largest absolute Gasteiger partial charge is 0.493 e. The zero-order valence-corrected chi connectivity index (χ0v) is 24.4. The summed E-state index contributed by atoms with van der Waals surface area (Å²) in [5, 5.41) is 0. The first-order valence-corrected chi connectivity index (χ1v) is 13.7. The molecule has 0 radical (unpaired) electrons. The molecule has 0 saturated carbocycles. The van der Waals surface area contributed by atoms with Gasteiger partial charge in [-0.2, -0.15) is 0 Å². The second kappa shape index (κ2) is 12.3. The smallest absolute Gasteiger partial charge is 0.258 e. The molecule has 4 aromatic carbocycles. The number of hydrogen-bond acceptors (Lipinski definition) is 6. The van der Waals surface area contributed by atoms with Crippen molar-refractivity contribution in [2.45, 2.75) is 25.4 Å². The van der Waals surface area contributed by atoms with Crippen LogP contribution in [0.4, 0.5) is 11.4 Å². The number of hydrogen-bond donors (Lipinski definition) is 0. The summed E-state index contributed by atoms with van der Waals surface area (Å²) in [5.41, 5.74) is 3.14. The van der Waals surface area contributed by atoms with Gasteiger partial charge in [-0.1, -0.05) is 36.4 Å². The molecule has 216 valence electrons. The van der Waals surface area contributed by atoms with Crippen LogP contribution in [0.5, 0.6) is 23.0 Å². The third-order valence-corrected chi connectivity index (χ3v) is 7.59. The number of anilines is 2. The molecule has 5 rings (SSSR count). The van der Waals surface area contributed by atoms with Crippen molar-refractivity contribution in [3.05, 3.63) is 108 Å². The molecule has 42 heavy (non-hydrogen) atoms. The summed E-state index contributed by atoms with van der Waals surface area (Å²) in [4.78, 5) is 31.8. The number of carbonyl (C=O) groups is 2. The normalized spacial score (nSPS) is 15.8. The van der Waals surface area contributed by atoms with E-state index in [-0.39, 0.29) is 17.9 Å². The lowest BCUT2D eigenvalue weighted by atomic mass is 9.88. The average molecular weight is 567 g/mol. The Kier molecular flexibility index (Phi) is 8.33. The van der Waals surface area contributed by atoms with E-state index in [0.29, 0.717) is 51.9 Å². The van der Waals surface area contributed by atoms with Crippen LogP contribution in [0.3, 0.4) is 0 Å². The summed E-state index contributed by atoms with van der Waals surface area (Å²) < 4.78 is 22.4. The van der Waals surface area contributed by atoms with Crippen molar-refractivity contribution < 1.29 is 28.5 Å². The Morgan fingerprint density at radius 1 is 0.690 bits per heavy atom. The number of benzene rings is 4. The number of nitrogens with zero attached hydrogens (tertiary/aromatic N) is 2. The fourth-order valence-electron chi connectivity index (χ4n) is 5.56. The van der Waals surface area contributed by atoms with E-state index in [1.54, 1.807) is 74.6 Å². The topological polar surface area (TPSA) is 77.5 Å². The van der Waals surface area contributed by atoms with Gasteiger partial charge in [-0.25, -0.2) is 0 Å². The SMILES string of the molecule is COc1ccc(N(C(=O)c2ccccc2)[C@@H]2C[C@@H](C)N(C(=O)c3ccccc3)c3cc(OC)c(OC)cc32)cc1OC. The molecule has 1 heterocycles. The molecule has 0 saturated heterocycles. The fourth-order valence-corrected chi connectivity index (χ4v) is 5.56. The van der Waals surface area contributed by atoms with Crippen LogP contribution in [0.1, 0.15) is 45.7 Å². The minimum atomic E-state index is -0.458. The lowest BCUT2D eigenvalue weighted by Crippen LogP contribution is -2.48.